The molecule has 0 aliphatic heterocycles. The van der Waals surface area contributed by atoms with E-state index in [4.69, 9.17) is 16.7 Å². The molecule has 104 valence electrons. The van der Waals surface area contributed by atoms with E-state index in [0.29, 0.717) is 0 Å². The minimum absolute atomic E-state index is 0.0363. The van der Waals surface area contributed by atoms with Gasteiger partial charge in [-0.2, -0.15) is 0 Å². The molecule has 0 aliphatic rings. The number of hydrogen-bond donors (Lipinski definition) is 2. The van der Waals surface area contributed by atoms with Crippen LogP contribution < -0.4 is 4.72 Å². The van der Waals surface area contributed by atoms with E-state index in [2.05, 4.69) is 4.72 Å². The topological polar surface area (TPSA) is 83.5 Å². The number of anilines is 1. The molecular weight excluding hydrogens is 302 g/mol. The van der Waals surface area contributed by atoms with Crippen molar-refractivity contribution in [2.45, 2.75) is 4.90 Å². The van der Waals surface area contributed by atoms with Gasteiger partial charge < -0.3 is 5.11 Å². The smallest absolute Gasteiger partial charge is 0.339 e. The van der Waals surface area contributed by atoms with E-state index in [1.165, 1.54) is 30.3 Å². The molecule has 0 heterocycles. The number of halogens is 1. The highest BCUT2D eigenvalue weighted by atomic mass is 35.5. The summed E-state index contributed by atoms with van der Waals surface area (Å²) in [6, 6.07) is 11.8. The second-order valence-corrected chi connectivity index (χ2v) is 5.98. The zero-order valence-corrected chi connectivity index (χ0v) is 11.6. The standard InChI is InChI=1S/C13H10ClNO4S/c14-10-7-4-8-11(12(10)13(16)17)15-20(18,19)9-5-2-1-3-6-9/h1-8,15H,(H,16,17). The minimum Gasteiger partial charge on any atom is -0.478 e. The van der Waals surface area contributed by atoms with Crippen molar-refractivity contribution in [1.82, 2.24) is 0 Å². The molecule has 5 nitrogen and oxygen atoms in total. The number of hydrogen-bond acceptors (Lipinski definition) is 3. The molecular formula is C13H10ClNO4S. The third-order valence-corrected chi connectivity index (χ3v) is 4.22. The first kappa shape index (κ1) is 14.4. The van der Waals surface area contributed by atoms with E-state index >= 15 is 0 Å². The van der Waals surface area contributed by atoms with E-state index in [0.717, 1.165) is 0 Å². The van der Waals surface area contributed by atoms with Crippen LogP contribution in [0.15, 0.2) is 53.4 Å². The van der Waals surface area contributed by atoms with Gasteiger partial charge >= 0.3 is 5.97 Å². The van der Waals surface area contributed by atoms with Gasteiger partial charge in [0, 0.05) is 0 Å². The number of sulfonamides is 1. The number of nitrogens with one attached hydrogen (secondary N) is 1. The highest BCUT2D eigenvalue weighted by Gasteiger charge is 2.20. The Morgan fingerprint density at radius 3 is 2.30 bits per heavy atom. The quantitative estimate of drug-likeness (QED) is 0.909. The molecule has 2 rings (SSSR count). The lowest BCUT2D eigenvalue weighted by atomic mass is 10.2. The summed E-state index contributed by atoms with van der Waals surface area (Å²) in [4.78, 5) is 11.2. The molecule has 7 heteroatoms. The fourth-order valence-electron chi connectivity index (χ4n) is 1.63. The fraction of sp³-hybridized carbons (Fsp3) is 0. The van der Waals surface area contributed by atoms with Crippen molar-refractivity contribution >= 4 is 33.3 Å². The molecule has 20 heavy (non-hydrogen) atoms. The van der Waals surface area contributed by atoms with Crippen LogP contribution in [0, 0.1) is 0 Å². The molecule has 0 radical (unpaired) electrons. The van der Waals surface area contributed by atoms with Crippen molar-refractivity contribution in [2.75, 3.05) is 4.72 Å². The van der Waals surface area contributed by atoms with Crippen LogP contribution in [-0.4, -0.2) is 19.5 Å². The molecule has 0 aliphatic carbocycles. The van der Waals surface area contributed by atoms with E-state index in [1.54, 1.807) is 18.2 Å². The van der Waals surface area contributed by atoms with E-state index in [1.807, 2.05) is 0 Å². The van der Waals surface area contributed by atoms with E-state index < -0.39 is 16.0 Å². The van der Waals surface area contributed by atoms with Crippen molar-refractivity contribution in [3.05, 3.63) is 59.1 Å². The van der Waals surface area contributed by atoms with Crippen LogP contribution in [0.25, 0.3) is 0 Å². The summed E-state index contributed by atoms with van der Waals surface area (Å²) in [6.07, 6.45) is 0. The highest BCUT2D eigenvalue weighted by molar-refractivity contribution is 7.92. The monoisotopic (exact) mass is 311 g/mol. The van der Waals surface area contributed by atoms with Crippen LogP contribution in [0.3, 0.4) is 0 Å². The van der Waals surface area contributed by atoms with Crippen molar-refractivity contribution in [3.63, 3.8) is 0 Å². The summed E-state index contributed by atoms with van der Waals surface area (Å²) in [5, 5.41) is 9.06. The van der Waals surface area contributed by atoms with Crippen molar-refractivity contribution in [2.24, 2.45) is 0 Å². The van der Waals surface area contributed by atoms with Crippen LogP contribution in [-0.2, 0) is 10.0 Å². The average Bonchev–Trinajstić information content (AvgIpc) is 2.39. The summed E-state index contributed by atoms with van der Waals surface area (Å²) in [5.74, 6) is -1.30. The van der Waals surface area contributed by atoms with Crippen LogP contribution >= 0.6 is 11.6 Å². The maximum absolute atomic E-state index is 12.1. The van der Waals surface area contributed by atoms with E-state index in [9.17, 15) is 13.2 Å². The molecule has 0 atom stereocenters. The number of benzene rings is 2. The first-order chi connectivity index (χ1) is 9.42. The Hall–Kier alpha value is -2.05. The second kappa shape index (κ2) is 5.52. The van der Waals surface area contributed by atoms with Crippen molar-refractivity contribution < 1.29 is 18.3 Å². The van der Waals surface area contributed by atoms with Gasteiger partial charge in [0.1, 0.15) is 5.56 Å². The van der Waals surface area contributed by atoms with Gasteiger partial charge in [0.05, 0.1) is 15.6 Å². The molecule has 2 aromatic rings. The molecule has 0 unspecified atom stereocenters. The predicted octanol–water partition coefficient (Wildman–Crippen LogP) is 2.84. The van der Waals surface area contributed by atoms with Crippen LogP contribution in [0.2, 0.25) is 5.02 Å². The summed E-state index contributed by atoms with van der Waals surface area (Å²) < 4.78 is 26.5. The maximum Gasteiger partial charge on any atom is 0.339 e. The molecule has 0 saturated carbocycles. The molecule has 2 aromatic carbocycles. The molecule has 0 fully saturated rings. The van der Waals surface area contributed by atoms with E-state index in [-0.39, 0.29) is 21.2 Å². The number of carboxylic acids is 1. The molecule has 0 spiro atoms. The lowest BCUT2D eigenvalue weighted by Gasteiger charge is -2.11. The Kier molecular flexibility index (Phi) is 3.96. The Morgan fingerprint density at radius 2 is 1.70 bits per heavy atom. The highest BCUT2D eigenvalue weighted by Crippen LogP contribution is 2.26. The van der Waals surface area contributed by atoms with Gasteiger partial charge in [0.2, 0.25) is 0 Å². The summed E-state index contributed by atoms with van der Waals surface area (Å²) in [5.41, 5.74) is -0.359. The normalized spacial score (nSPS) is 11.1. The Bertz CT molecular complexity index is 744. The van der Waals surface area contributed by atoms with Crippen LogP contribution in [0.1, 0.15) is 10.4 Å². The second-order valence-electron chi connectivity index (χ2n) is 3.89. The zero-order valence-electron chi connectivity index (χ0n) is 10.1. The Morgan fingerprint density at radius 1 is 1.05 bits per heavy atom. The van der Waals surface area contributed by atoms with Gasteiger partial charge in [-0.3, -0.25) is 4.72 Å². The third-order valence-electron chi connectivity index (χ3n) is 2.53. The van der Waals surface area contributed by atoms with Gasteiger partial charge in [0.15, 0.2) is 0 Å². The van der Waals surface area contributed by atoms with Crippen molar-refractivity contribution in [1.29, 1.82) is 0 Å². The first-order valence-electron chi connectivity index (χ1n) is 5.51. The molecule has 2 N–H and O–H groups in total. The number of rotatable bonds is 4. The maximum atomic E-state index is 12.1. The fourth-order valence-corrected chi connectivity index (χ4v) is 2.98. The molecule has 0 bridgehead atoms. The lowest BCUT2D eigenvalue weighted by molar-refractivity contribution is 0.0698. The lowest BCUT2D eigenvalue weighted by Crippen LogP contribution is -2.15. The SMILES string of the molecule is O=C(O)c1c(Cl)cccc1NS(=O)(=O)c1ccccc1. The van der Waals surface area contributed by atoms with Gasteiger partial charge in [0.25, 0.3) is 10.0 Å². The van der Waals surface area contributed by atoms with Gasteiger partial charge in [-0.05, 0) is 24.3 Å². The molecule has 0 saturated heterocycles. The van der Waals surface area contributed by atoms with Gasteiger partial charge in [-0.25, -0.2) is 13.2 Å². The van der Waals surface area contributed by atoms with Crippen LogP contribution in [0.4, 0.5) is 5.69 Å². The number of aromatic carboxylic acids is 1. The zero-order chi connectivity index (χ0) is 14.8. The Balaban J connectivity index is 2.46. The average molecular weight is 312 g/mol. The van der Waals surface area contributed by atoms with Gasteiger partial charge in [-0.1, -0.05) is 35.9 Å². The minimum atomic E-state index is -3.86. The number of carbonyl (C=O) groups is 1. The van der Waals surface area contributed by atoms with Crippen LogP contribution in [0.5, 0.6) is 0 Å². The predicted molar refractivity (Wildman–Crippen MR) is 75.7 cm³/mol. The van der Waals surface area contributed by atoms with Gasteiger partial charge in [-0.15, -0.1) is 0 Å². The summed E-state index contributed by atoms with van der Waals surface area (Å²) in [6.45, 7) is 0. The number of carboxylic acid groups (broad SMARTS) is 1. The van der Waals surface area contributed by atoms with Crippen molar-refractivity contribution in [3.8, 4) is 0 Å². The molecule has 0 amide bonds. The summed E-state index contributed by atoms with van der Waals surface area (Å²) in [7, 11) is -3.86. The molecule has 0 aromatic heterocycles. The summed E-state index contributed by atoms with van der Waals surface area (Å²) >= 11 is 5.78. The largest absolute Gasteiger partial charge is 0.478 e. The first-order valence-corrected chi connectivity index (χ1v) is 7.37. The Labute approximate surface area is 120 Å². The third kappa shape index (κ3) is 2.92.